The van der Waals surface area contributed by atoms with Crippen molar-refractivity contribution in [2.75, 3.05) is 13.2 Å². The lowest BCUT2D eigenvalue weighted by molar-refractivity contribution is 0.323. The van der Waals surface area contributed by atoms with Crippen LogP contribution in [0.3, 0.4) is 0 Å². The van der Waals surface area contributed by atoms with E-state index in [9.17, 15) is 0 Å². The number of allylic oxidation sites excluding steroid dienone is 1. The molecule has 0 spiro atoms. The molecule has 4 rings (SSSR count). The van der Waals surface area contributed by atoms with Crippen LogP contribution in [0.1, 0.15) is 54.1 Å². The standard InChI is InChI=1S/C32H36N2O/c1-22-11-16-31(23(2)19-22)32(28-9-7-6-8-10-28)34-25(4)20-27-12-14-29(15-13-27)35-18-17-30-24(3)21-33-26(30)5/h6-16,19,32,34H,4,17-18,20-21H2,1-3,5H3. The maximum atomic E-state index is 6.00. The second kappa shape index (κ2) is 11.2. The van der Waals surface area contributed by atoms with Crippen LogP contribution in [0.15, 0.2) is 101 Å². The number of hydrogen-bond acceptors (Lipinski definition) is 3. The lowest BCUT2D eigenvalue weighted by atomic mass is 9.93. The molecule has 0 amide bonds. The zero-order valence-corrected chi connectivity index (χ0v) is 21.4. The summed E-state index contributed by atoms with van der Waals surface area (Å²) in [7, 11) is 0. The first-order valence-electron chi connectivity index (χ1n) is 12.4. The van der Waals surface area contributed by atoms with Crippen LogP contribution in [-0.4, -0.2) is 18.9 Å². The van der Waals surface area contributed by atoms with Crippen molar-refractivity contribution in [3.8, 4) is 5.75 Å². The Morgan fingerprint density at radius 3 is 2.37 bits per heavy atom. The fraction of sp³-hybridized carbons (Fsp3) is 0.281. The summed E-state index contributed by atoms with van der Waals surface area (Å²) in [5.41, 5.74) is 11.1. The van der Waals surface area contributed by atoms with Gasteiger partial charge in [-0.15, -0.1) is 0 Å². The van der Waals surface area contributed by atoms with Gasteiger partial charge in [-0.25, -0.2) is 0 Å². The van der Waals surface area contributed by atoms with Crippen molar-refractivity contribution >= 4 is 5.71 Å². The third-order valence-electron chi connectivity index (χ3n) is 6.68. The molecular weight excluding hydrogens is 428 g/mol. The van der Waals surface area contributed by atoms with Gasteiger partial charge < -0.3 is 10.1 Å². The van der Waals surface area contributed by atoms with Gasteiger partial charge in [0.15, 0.2) is 0 Å². The van der Waals surface area contributed by atoms with Crippen LogP contribution >= 0.6 is 0 Å². The summed E-state index contributed by atoms with van der Waals surface area (Å²) >= 11 is 0. The number of ether oxygens (including phenoxy) is 1. The van der Waals surface area contributed by atoms with Gasteiger partial charge in [0, 0.05) is 24.3 Å². The van der Waals surface area contributed by atoms with E-state index >= 15 is 0 Å². The molecule has 3 aromatic rings. The van der Waals surface area contributed by atoms with Gasteiger partial charge in [0.05, 0.1) is 19.2 Å². The van der Waals surface area contributed by atoms with Crippen LogP contribution in [-0.2, 0) is 6.42 Å². The topological polar surface area (TPSA) is 33.6 Å². The van der Waals surface area contributed by atoms with Gasteiger partial charge in [0.25, 0.3) is 0 Å². The minimum Gasteiger partial charge on any atom is -0.493 e. The van der Waals surface area contributed by atoms with E-state index in [0.29, 0.717) is 6.61 Å². The highest BCUT2D eigenvalue weighted by Gasteiger charge is 2.17. The molecule has 0 radical (unpaired) electrons. The normalized spacial score (nSPS) is 14.0. The Morgan fingerprint density at radius 1 is 0.971 bits per heavy atom. The number of aryl methyl sites for hydroxylation is 2. The minimum atomic E-state index is 0.0623. The van der Waals surface area contributed by atoms with E-state index in [4.69, 9.17) is 4.74 Å². The predicted molar refractivity (Wildman–Crippen MR) is 147 cm³/mol. The van der Waals surface area contributed by atoms with E-state index < -0.39 is 0 Å². The van der Waals surface area contributed by atoms with Crippen molar-refractivity contribution in [2.45, 2.75) is 46.6 Å². The third-order valence-corrected chi connectivity index (χ3v) is 6.68. The Morgan fingerprint density at radius 2 is 1.71 bits per heavy atom. The Labute approximate surface area is 210 Å². The molecule has 1 unspecified atom stereocenters. The maximum absolute atomic E-state index is 6.00. The molecule has 0 saturated carbocycles. The van der Waals surface area contributed by atoms with Crippen LogP contribution in [0.5, 0.6) is 5.75 Å². The van der Waals surface area contributed by atoms with E-state index in [2.05, 4.69) is 117 Å². The smallest absolute Gasteiger partial charge is 0.119 e. The largest absolute Gasteiger partial charge is 0.493 e. The van der Waals surface area contributed by atoms with Crippen LogP contribution in [0.25, 0.3) is 0 Å². The molecule has 180 valence electrons. The molecule has 1 aliphatic heterocycles. The van der Waals surface area contributed by atoms with Crippen LogP contribution in [0.2, 0.25) is 0 Å². The van der Waals surface area contributed by atoms with Gasteiger partial charge in [0.1, 0.15) is 5.75 Å². The monoisotopic (exact) mass is 464 g/mol. The van der Waals surface area contributed by atoms with Gasteiger partial charge in [-0.2, -0.15) is 0 Å². The van der Waals surface area contributed by atoms with Crippen molar-refractivity contribution in [2.24, 2.45) is 4.99 Å². The van der Waals surface area contributed by atoms with Gasteiger partial charge in [-0.1, -0.05) is 72.8 Å². The number of benzene rings is 3. The molecule has 0 bridgehead atoms. The minimum absolute atomic E-state index is 0.0623. The van der Waals surface area contributed by atoms with Crippen molar-refractivity contribution in [1.29, 1.82) is 0 Å². The molecule has 0 fully saturated rings. The number of nitrogens with one attached hydrogen (secondary N) is 1. The lowest BCUT2D eigenvalue weighted by Gasteiger charge is -2.24. The van der Waals surface area contributed by atoms with Crippen molar-refractivity contribution < 1.29 is 4.74 Å². The molecule has 1 N–H and O–H groups in total. The molecule has 3 nitrogen and oxygen atoms in total. The highest BCUT2D eigenvalue weighted by molar-refractivity contribution is 6.00. The predicted octanol–water partition coefficient (Wildman–Crippen LogP) is 7.30. The zero-order chi connectivity index (χ0) is 24.8. The first-order valence-corrected chi connectivity index (χ1v) is 12.4. The average Bonchev–Trinajstić information content (AvgIpc) is 3.17. The molecule has 1 atom stereocenters. The average molecular weight is 465 g/mol. The quantitative estimate of drug-likeness (QED) is 0.341. The SMILES string of the molecule is C=C(Cc1ccc(OCCC2=C(C)CN=C2C)cc1)NC(c1ccccc1)c1ccc(C)cc1C. The third kappa shape index (κ3) is 6.30. The van der Waals surface area contributed by atoms with Crippen molar-refractivity contribution in [1.82, 2.24) is 5.32 Å². The molecule has 0 aliphatic carbocycles. The Bertz CT molecular complexity index is 1240. The van der Waals surface area contributed by atoms with E-state index in [0.717, 1.165) is 36.5 Å². The van der Waals surface area contributed by atoms with Crippen molar-refractivity contribution in [3.63, 3.8) is 0 Å². The second-order valence-corrected chi connectivity index (χ2v) is 9.53. The fourth-order valence-corrected chi connectivity index (χ4v) is 4.74. The molecule has 3 aromatic carbocycles. The summed E-state index contributed by atoms with van der Waals surface area (Å²) in [6.45, 7) is 14.4. The van der Waals surface area contributed by atoms with Crippen LogP contribution < -0.4 is 10.1 Å². The fourth-order valence-electron chi connectivity index (χ4n) is 4.74. The number of nitrogens with zero attached hydrogens (tertiary/aromatic N) is 1. The number of hydrogen-bond donors (Lipinski definition) is 1. The van der Waals surface area contributed by atoms with E-state index in [-0.39, 0.29) is 6.04 Å². The number of rotatable bonds is 10. The first kappa shape index (κ1) is 24.5. The molecule has 0 aromatic heterocycles. The summed E-state index contributed by atoms with van der Waals surface area (Å²) in [6, 6.07) is 25.7. The Hall–Kier alpha value is -3.59. The van der Waals surface area contributed by atoms with Crippen LogP contribution in [0, 0.1) is 13.8 Å². The van der Waals surface area contributed by atoms with E-state index in [1.807, 2.05) is 0 Å². The zero-order valence-electron chi connectivity index (χ0n) is 21.4. The summed E-state index contributed by atoms with van der Waals surface area (Å²) < 4.78 is 6.00. The second-order valence-electron chi connectivity index (χ2n) is 9.53. The van der Waals surface area contributed by atoms with Gasteiger partial charge in [-0.3, -0.25) is 4.99 Å². The van der Waals surface area contributed by atoms with Crippen LogP contribution in [0.4, 0.5) is 0 Å². The van der Waals surface area contributed by atoms with Gasteiger partial charge in [0.2, 0.25) is 0 Å². The number of aliphatic imine (C=N–C) groups is 1. The highest BCUT2D eigenvalue weighted by Crippen LogP contribution is 2.27. The summed E-state index contributed by atoms with van der Waals surface area (Å²) in [5, 5.41) is 3.70. The molecule has 3 heteroatoms. The van der Waals surface area contributed by atoms with Gasteiger partial charge in [-0.05, 0) is 73.2 Å². The summed E-state index contributed by atoms with van der Waals surface area (Å²) in [4.78, 5) is 4.50. The highest BCUT2D eigenvalue weighted by atomic mass is 16.5. The maximum Gasteiger partial charge on any atom is 0.119 e. The Kier molecular flexibility index (Phi) is 7.87. The lowest BCUT2D eigenvalue weighted by Crippen LogP contribution is -2.23. The van der Waals surface area contributed by atoms with E-state index in [1.165, 1.54) is 39.0 Å². The molecular formula is C32H36N2O. The molecule has 1 aliphatic rings. The van der Waals surface area contributed by atoms with Crippen molar-refractivity contribution in [3.05, 3.63) is 124 Å². The molecule has 35 heavy (non-hydrogen) atoms. The molecule has 0 saturated heterocycles. The first-order chi connectivity index (χ1) is 16.9. The van der Waals surface area contributed by atoms with E-state index in [1.54, 1.807) is 0 Å². The molecule has 1 heterocycles. The van der Waals surface area contributed by atoms with Gasteiger partial charge >= 0.3 is 0 Å². The Balaban J connectivity index is 1.38. The summed E-state index contributed by atoms with van der Waals surface area (Å²) in [6.07, 6.45) is 1.67. The summed E-state index contributed by atoms with van der Waals surface area (Å²) in [5.74, 6) is 0.899.